The molecule has 158 valence electrons. The van der Waals surface area contributed by atoms with E-state index in [2.05, 4.69) is 5.32 Å². The number of para-hydroxylation sites is 1. The number of benzene rings is 1. The molecule has 0 saturated heterocycles. The molecule has 2 aromatic rings. The Morgan fingerprint density at radius 2 is 1.87 bits per heavy atom. The molecule has 0 radical (unpaired) electrons. The maximum atomic E-state index is 13.3. The fourth-order valence-corrected chi connectivity index (χ4v) is 4.37. The summed E-state index contributed by atoms with van der Waals surface area (Å²) >= 11 is 0. The summed E-state index contributed by atoms with van der Waals surface area (Å²) in [5, 5.41) is 2.65. The highest BCUT2D eigenvalue weighted by Crippen LogP contribution is 2.36. The van der Waals surface area contributed by atoms with Crippen molar-refractivity contribution in [2.45, 2.75) is 38.6 Å². The molecule has 1 aliphatic carbocycles. The lowest BCUT2D eigenvalue weighted by molar-refractivity contribution is -0.157. The third-order valence-electron chi connectivity index (χ3n) is 5.92. The lowest BCUT2D eigenvalue weighted by Crippen LogP contribution is -2.43. The second-order valence-electron chi connectivity index (χ2n) is 7.83. The van der Waals surface area contributed by atoms with Crippen LogP contribution < -0.4 is 10.2 Å². The van der Waals surface area contributed by atoms with E-state index in [0.29, 0.717) is 25.1 Å². The average molecular weight is 410 g/mol. The lowest BCUT2D eigenvalue weighted by atomic mass is 9.78. The van der Waals surface area contributed by atoms with Gasteiger partial charge < -0.3 is 19.4 Å². The summed E-state index contributed by atoms with van der Waals surface area (Å²) in [4.78, 5) is 39.8. The topological polar surface area (TPSA) is 88.9 Å². The summed E-state index contributed by atoms with van der Waals surface area (Å²) in [5.74, 6) is -1.15. The highest BCUT2D eigenvalue weighted by atomic mass is 16.5. The predicted octanol–water partition coefficient (Wildman–Crippen LogP) is 2.83. The number of rotatable bonds is 6. The minimum absolute atomic E-state index is 0.0103. The summed E-state index contributed by atoms with van der Waals surface area (Å²) in [7, 11) is 0. The number of hydrogen-bond donors (Lipinski definition) is 1. The lowest BCUT2D eigenvalue weighted by Gasteiger charge is -2.32. The van der Waals surface area contributed by atoms with Crippen LogP contribution in [0.5, 0.6) is 0 Å². The van der Waals surface area contributed by atoms with Gasteiger partial charge in [0.1, 0.15) is 5.76 Å². The number of nitrogens with zero attached hydrogens (tertiary/aromatic N) is 1. The van der Waals surface area contributed by atoms with Crippen molar-refractivity contribution in [1.29, 1.82) is 0 Å². The van der Waals surface area contributed by atoms with Crippen LogP contribution in [0.1, 0.15) is 37.0 Å². The Kier molecular flexibility index (Phi) is 6.16. The largest absolute Gasteiger partial charge is 0.467 e. The zero-order valence-corrected chi connectivity index (χ0v) is 16.8. The van der Waals surface area contributed by atoms with Gasteiger partial charge in [0.2, 0.25) is 5.91 Å². The quantitative estimate of drug-likeness (QED) is 0.740. The van der Waals surface area contributed by atoms with E-state index in [9.17, 15) is 14.4 Å². The maximum Gasteiger partial charge on any atom is 0.310 e. The van der Waals surface area contributed by atoms with Gasteiger partial charge in [-0.05, 0) is 43.0 Å². The maximum absolute atomic E-state index is 13.3. The van der Waals surface area contributed by atoms with Crippen LogP contribution in [-0.4, -0.2) is 30.9 Å². The zero-order chi connectivity index (χ0) is 20.9. The van der Waals surface area contributed by atoms with Crippen molar-refractivity contribution >= 4 is 23.5 Å². The Hall–Kier alpha value is -3.09. The minimum Gasteiger partial charge on any atom is -0.467 e. The number of fused-ring (bicyclic) bond motifs is 1. The van der Waals surface area contributed by atoms with E-state index in [0.717, 1.165) is 30.5 Å². The van der Waals surface area contributed by atoms with Crippen LogP contribution >= 0.6 is 0 Å². The van der Waals surface area contributed by atoms with Crippen molar-refractivity contribution in [3.63, 3.8) is 0 Å². The first kappa shape index (κ1) is 20.2. The monoisotopic (exact) mass is 410 g/mol. The number of anilines is 1. The van der Waals surface area contributed by atoms with Crippen molar-refractivity contribution < 1.29 is 23.5 Å². The zero-order valence-electron chi connectivity index (χ0n) is 16.8. The highest BCUT2D eigenvalue weighted by Gasteiger charge is 2.40. The standard InChI is InChI=1S/C23H26N2O5/c26-21(24-14-17-7-5-13-29-17)15-30-23(28)19-9-3-2-8-18(19)22(27)25-12-11-16-6-1-4-10-20(16)25/h1,4-7,10,13,18-19H,2-3,8-9,11-12,14-15H2,(H,24,26)/t18-,19-/m1/s1. The number of carbonyl (C=O) groups is 3. The van der Waals surface area contributed by atoms with E-state index in [4.69, 9.17) is 9.15 Å². The summed E-state index contributed by atoms with van der Waals surface area (Å²) in [6, 6.07) is 11.4. The van der Waals surface area contributed by atoms with Gasteiger partial charge in [-0.3, -0.25) is 14.4 Å². The van der Waals surface area contributed by atoms with Gasteiger partial charge in [-0.2, -0.15) is 0 Å². The molecule has 7 nitrogen and oxygen atoms in total. The third kappa shape index (κ3) is 4.40. The normalized spacial score (nSPS) is 20.5. The fraction of sp³-hybridized carbons (Fsp3) is 0.435. The van der Waals surface area contributed by atoms with E-state index in [1.165, 1.54) is 6.26 Å². The number of furan rings is 1. The molecule has 7 heteroatoms. The van der Waals surface area contributed by atoms with Crippen molar-refractivity contribution in [2.24, 2.45) is 11.8 Å². The first-order chi connectivity index (χ1) is 14.6. The van der Waals surface area contributed by atoms with Gasteiger partial charge in [0.25, 0.3) is 5.91 Å². The smallest absolute Gasteiger partial charge is 0.310 e. The molecule has 1 fully saturated rings. The van der Waals surface area contributed by atoms with E-state index in [1.807, 2.05) is 29.2 Å². The molecule has 1 aromatic carbocycles. The number of ether oxygens (including phenoxy) is 1. The van der Waals surface area contributed by atoms with Crippen LogP contribution in [-0.2, 0) is 32.1 Å². The summed E-state index contributed by atoms with van der Waals surface area (Å²) in [6.07, 6.45) is 5.44. The Labute approximate surface area is 175 Å². The van der Waals surface area contributed by atoms with E-state index in [1.54, 1.807) is 12.1 Å². The van der Waals surface area contributed by atoms with E-state index >= 15 is 0 Å². The molecule has 0 bridgehead atoms. The number of hydrogen-bond acceptors (Lipinski definition) is 5. The van der Waals surface area contributed by atoms with Gasteiger partial charge in [0.05, 0.1) is 24.6 Å². The van der Waals surface area contributed by atoms with Crippen molar-refractivity contribution in [3.05, 3.63) is 54.0 Å². The molecule has 1 aliphatic heterocycles. The summed E-state index contributed by atoms with van der Waals surface area (Å²) in [6.45, 7) is 0.525. The molecular weight excluding hydrogens is 384 g/mol. The first-order valence-corrected chi connectivity index (χ1v) is 10.5. The van der Waals surface area contributed by atoms with Gasteiger partial charge in [-0.25, -0.2) is 0 Å². The van der Waals surface area contributed by atoms with Gasteiger partial charge in [-0.15, -0.1) is 0 Å². The molecule has 2 heterocycles. The second-order valence-corrected chi connectivity index (χ2v) is 7.83. The van der Waals surface area contributed by atoms with Crippen molar-refractivity contribution in [3.8, 4) is 0 Å². The predicted molar refractivity (Wildman–Crippen MR) is 109 cm³/mol. The molecule has 0 unspecified atom stereocenters. The van der Waals surface area contributed by atoms with Crippen molar-refractivity contribution in [1.82, 2.24) is 5.32 Å². The van der Waals surface area contributed by atoms with Crippen LogP contribution in [0, 0.1) is 11.8 Å². The molecule has 2 amide bonds. The molecule has 1 aromatic heterocycles. The second kappa shape index (κ2) is 9.15. The van der Waals surface area contributed by atoms with Gasteiger partial charge >= 0.3 is 5.97 Å². The SMILES string of the molecule is O=C(COC(=O)[C@@H]1CCCC[C@H]1C(=O)N1CCc2ccccc21)NCc1ccco1. The summed E-state index contributed by atoms with van der Waals surface area (Å²) < 4.78 is 10.4. The Morgan fingerprint density at radius 3 is 2.67 bits per heavy atom. The van der Waals surface area contributed by atoms with E-state index < -0.39 is 23.7 Å². The van der Waals surface area contributed by atoms with Gasteiger partial charge in [-0.1, -0.05) is 31.0 Å². The first-order valence-electron chi connectivity index (χ1n) is 10.5. The number of esters is 1. The van der Waals surface area contributed by atoms with Crippen molar-refractivity contribution in [2.75, 3.05) is 18.1 Å². The molecule has 30 heavy (non-hydrogen) atoms. The van der Waals surface area contributed by atoms with Gasteiger partial charge in [0, 0.05) is 12.2 Å². The highest BCUT2D eigenvalue weighted by molar-refractivity contribution is 5.99. The summed E-state index contributed by atoms with van der Waals surface area (Å²) in [5.41, 5.74) is 2.10. The molecule has 2 atom stereocenters. The Balaban J connectivity index is 1.34. The minimum atomic E-state index is -0.503. The molecule has 1 N–H and O–H groups in total. The Bertz CT molecular complexity index is 908. The molecule has 2 aliphatic rings. The Morgan fingerprint density at radius 1 is 1.07 bits per heavy atom. The molecule has 0 spiro atoms. The van der Waals surface area contributed by atoms with Crippen LogP contribution in [0.15, 0.2) is 47.1 Å². The van der Waals surface area contributed by atoms with Crippen LogP contribution in [0.3, 0.4) is 0 Å². The average Bonchev–Trinajstić information content (AvgIpc) is 3.45. The number of nitrogens with one attached hydrogen (secondary N) is 1. The van der Waals surface area contributed by atoms with E-state index in [-0.39, 0.29) is 19.1 Å². The number of amides is 2. The third-order valence-corrected chi connectivity index (χ3v) is 5.92. The molecular formula is C23H26N2O5. The molecule has 4 rings (SSSR count). The van der Waals surface area contributed by atoms with Gasteiger partial charge in [0.15, 0.2) is 6.61 Å². The van der Waals surface area contributed by atoms with Crippen LogP contribution in [0.25, 0.3) is 0 Å². The van der Waals surface area contributed by atoms with Crippen LogP contribution in [0.2, 0.25) is 0 Å². The van der Waals surface area contributed by atoms with Crippen LogP contribution in [0.4, 0.5) is 5.69 Å². The number of carbonyl (C=O) groups excluding carboxylic acids is 3. The fourth-order valence-electron chi connectivity index (χ4n) is 4.37. The molecule has 1 saturated carbocycles.